The molecule has 0 bridgehead atoms. The highest BCUT2D eigenvalue weighted by Gasteiger charge is 2.13. The maximum atomic E-state index is 8.99. The van der Waals surface area contributed by atoms with Crippen molar-refractivity contribution in [2.24, 2.45) is 0 Å². The van der Waals surface area contributed by atoms with Gasteiger partial charge in [-0.2, -0.15) is 14.9 Å². The first-order valence-electron chi connectivity index (χ1n) is 4.35. The van der Waals surface area contributed by atoms with E-state index in [-0.39, 0.29) is 0 Å². The number of hydrogen-bond acceptors (Lipinski definition) is 6. The van der Waals surface area contributed by atoms with Gasteiger partial charge in [0.15, 0.2) is 0 Å². The summed E-state index contributed by atoms with van der Waals surface area (Å²) in [7, 11) is 0. The van der Waals surface area contributed by atoms with E-state index in [9.17, 15) is 0 Å². The first kappa shape index (κ1) is 12.4. The predicted molar refractivity (Wildman–Crippen MR) is 64.2 cm³/mol. The summed E-state index contributed by atoms with van der Waals surface area (Å²) in [4.78, 5) is 0. The highest BCUT2D eigenvalue weighted by Crippen LogP contribution is 2.34. The van der Waals surface area contributed by atoms with Gasteiger partial charge in [-0.25, -0.2) is 0 Å². The van der Waals surface area contributed by atoms with Crippen molar-refractivity contribution in [3.05, 3.63) is 5.56 Å². The molecule has 0 saturated heterocycles. The number of nitrogens with zero attached hydrogens (tertiary/aromatic N) is 3. The molecule has 1 rings (SSSR count). The summed E-state index contributed by atoms with van der Waals surface area (Å²) < 4.78 is 5.09. The zero-order chi connectivity index (χ0) is 11.1. The van der Waals surface area contributed by atoms with Gasteiger partial charge in [0.1, 0.15) is 20.9 Å². The van der Waals surface area contributed by atoms with Gasteiger partial charge in [0, 0.05) is 0 Å². The van der Waals surface area contributed by atoms with Crippen molar-refractivity contribution in [3.63, 3.8) is 0 Å². The van der Waals surface area contributed by atoms with Crippen LogP contribution in [0.15, 0.2) is 9.24 Å². The van der Waals surface area contributed by atoms with Crippen molar-refractivity contribution < 1.29 is 0 Å². The van der Waals surface area contributed by atoms with Gasteiger partial charge in [0.25, 0.3) is 0 Å². The van der Waals surface area contributed by atoms with Crippen LogP contribution in [0, 0.1) is 22.7 Å². The van der Waals surface area contributed by atoms with Crippen LogP contribution in [0.25, 0.3) is 0 Å². The Morgan fingerprint density at radius 2 is 2.20 bits per heavy atom. The van der Waals surface area contributed by atoms with Gasteiger partial charge < -0.3 is 0 Å². The molecular formula is C9H9N3S3. The van der Waals surface area contributed by atoms with Crippen molar-refractivity contribution in [1.82, 2.24) is 4.37 Å². The molecule has 0 saturated carbocycles. The van der Waals surface area contributed by atoms with Crippen LogP contribution in [-0.4, -0.2) is 15.9 Å². The second kappa shape index (κ2) is 6.73. The van der Waals surface area contributed by atoms with Crippen LogP contribution in [0.2, 0.25) is 0 Å². The van der Waals surface area contributed by atoms with Crippen molar-refractivity contribution >= 4 is 35.1 Å². The van der Waals surface area contributed by atoms with Gasteiger partial charge in [0.05, 0.1) is 11.8 Å². The summed E-state index contributed by atoms with van der Waals surface area (Å²) in [6.07, 6.45) is 1.06. The number of hydrogen-bond donors (Lipinski definition) is 0. The Labute approximate surface area is 102 Å². The summed E-state index contributed by atoms with van der Waals surface area (Å²) in [5, 5.41) is 18.3. The molecule has 6 heteroatoms. The molecule has 0 spiro atoms. The minimum absolute atomic E-state index is 0.370. The standard InChI is InChI=1S/C9H9N3S3/c1-2-4-13-8-7(6-11)9(15-12-8)14-5-3-10/h2,4-5H2,1H3. The second-order valence-electron chi connectivity index (χ2n) is 2.56. The third-order valence-corrected chi connectivity index (χ3v) is 4.71. The molecule has 0 aromatic carbocycles. The molecule has 0 aliphatic rings. The summed E-state index contributed by atoms with van der Waals surface area (Å²) in [5.74, 6) is 1.34. The molecule has 1 aromatic heterocycles. The van der Waals surface area contributed by atoms with E-state index >= 15 is 0 Å². The van der Waals surface area contributed by atoms with Crippen molar-refractivity contribution in [3.8, 4) is 12.1 Å². The number of thioether (sulfide) groups is 2. The highest BCUT2D eigenvalue weighted by molar-refractivity contribution is 8.01. The molecule has 0 radical (unpaired) electrons. The van der Waals surface area contributed by atoms with Crippen LogP contribution in [-0.2, 0) is 0 Å². The highest BCUT2D eigenvalue weighted by atomic mass is 32.2. The van der Waals surface area contributed by atoms with E-state index in [4.69, 9.17) is 10.5 Å². The van der Waals surface area contributed by atoms with Crippen LogP contribution < -0.4 is 0 Å². The fourth-order valence-corrected chi connectivity index (χ4v) is 3.46. The van der Waals surface area contributed by atoms with E-state index in [0.29, 0.717) is 11.3 Å². The van der Waals surface area contributed by atoms with Gasteiger partial charge in [-0.05, 0) is 23.7 Å². The summed E-state index contributed by atoms with van der Waals surface area (Å²) in [6.45, 7) is 2.09. The maximum absolute atomic E-state index is 8.99. The molecule has 3 nitrogen and oxygen atoms in total. The molecule has 0 aliphatic heterocycles. The van der Waals surface area contributed by atoms with Crippen LogP contribution in [0.5, 0.6) is 0 Å². The Morgan fingerprint density at radius 3 is 2.80 bits per heavy atom. The summed E-state index contributed by atoms with van der Waals surface area (Å²) in [6, 6.07) is 4.20. The molecule has 0 aliphatic carbocycles. The largest absolute Gasteiger partial charge is 0.197 e. The molecule has 0 unspecified atom stereocenters. The van der Waals surface area contributed by atoms with Crippen LogP contribution in [0.1, 0.15) is 18.9 Å². The fourth-order valence-electron chi connectivity index (χ4n) is 0.849. The van der Waals surface area contributed by atoms with Crippen LogP contribution in [0.4, 0.5) is 0 Å². The monoisotopic (exact) mass is 255 g/mol. The second-order valence-corrected chi connectivity index (χ2v) is 5.66. The van der Waals surface area contributed by atoms with Gasteiger partial charge in [-0.3, -0.25) is 0 Å². The Hall–Kier alpha value is -0.690. The summed E-state index contributed by atoms with van der Waals surface area (Å²) >= 11 is 4.30. The lowest BCUT2D eigenvalue weighted by Gasteiger charge is -1.94. The Bertz CT molecular complexity index is 400. The van der Waals surface area contributed by atoms with E-state index in [0.717, 1.165) is 21.4 Å². The smallest absolute Gasteiger partial charge is 0.129 e. The third-order valence-electron chi connectivity index (χ3n) is 1.45. The average molecular weight is 255 g/mol. The van der Waals surface area contributed by atoms with Gasteiger partial charge in [0.2, 0.25) is 0 Å². The lowest BCUT2D eigenvalue weighted by atomic mass is 10.4. The number of nitriles is 2. The molecular weight excluding hydrogens is 246 g/mol. The third kappa shape index (κ3) is 3.42. The van der Waals surface area contributed by atoms with E-state index in [1.807, 2.05) is 6.07 Å². The van der Waals surface area contributed by atoms with Crippen LogP contribution in [0.3, 0.4) is 0 Å². The van der Waals surface area contributed by atoms with Crippen molar-refractivity contribution in [2.75, 3.05) is 11.5 Å². The molecule has 0 atom stereocenters. The zero-order valence-electron chi connectivity index (χ0n) is 8.19. The van der Waals surface area contributed by atoms with E-state index in [2.05, 4.69) is 17.4 Å². The van der Waals surface area contributed by atoms with E-state index in [1.165, 1.54) is 23.3 Å². The molecule has 78 valence electrons. The number of aromatic nitrogens is 1. The van der Waals surface area contributed by atoms with Crippen molar-refractivity contribution in [1.29, 1.82) is 10.5 Å². The quantitative estimate of drug-likeness (QED) is 0.756. The van der Waals surface area contributed by atoms with E-state index < -0.39 is 0 Å². The minimum atomic E-state index is 0.370. The number of rotatable bonds is 5. The normalized spacial score (nSPS) is 9.53. The molecule has 0 amide bonds. The fraction of sp³-hybridized carbons (Fsp3) is 0.444. The zero-order valence-corrected chi connectivity index (χ0v) is 10.6. The first-order valence-corrected chi connectivity index (χ1v) is 7.10. The van der Waals surface area contributed by atoms with Gasteiger partial charge in [-0.15, -0.1) is 11.8 Å². The molecule has 0 N–H and O–H groups in total. The van der Waals surface area contributed by atoms with Crippen molar-refractivity contribution in [2.45, 2.75) is 22.6 Å². The summed E-state index contributed by atoms with van der Waals surface area (Å²) in [5.41, 5.74) is 0.638. The van der Waals surface area contributed by atoms with Crippen LogP contribution >= 0.6 is 35.1 Å². The van der Waals surface area contributed by atoms with Gasteiger partial charge >= 0.3 is 0 Å². The molecule has 1 aromatic rings. The Balaban J connectivity index is 2.78. The minimum Gasteiger partial charge on any atom is -0.197 e. The Kier molecular flexibility index (Phi) is 5.56. The van der Waals surface area contributed by atoms with E-state index in [1.54, 1.807) is 11.8 Å². The molecule has 15 heavy (non-hydrogen) atoms. The van der Waals surface area contributed by atoms with Gasteiger partial charge in [-0.1, -0.05) is 18.7 Å². The maximum Gasteiger partial charge on any atom is 0.129 e. The topological polar surface area (TPSA) is 60.5 Å². The predicted octanol–water partition coefficient (Wildman–Crippen LogP) is 3.13. The first-order chi connectivity index (χ1) is 7.33. The lowest BCUT2D eigenvalue weighted by Crippen LogP contribution is -1.81. The average Bonchev–Trinajstić information content (AvgIpc) is 2.65. The lowest BCUT2D eigenvalue weighted by molar-refractivity contribution is 1.10. The SMILES string of the molecule is CCCSc1nsc(SCC#N)c1C#N. The Morgan fingerprint density at radius 1 is 1.40 bits per heavy atom. The molecule has 1 heterocycles. The molecule has 0 fully saturated rings.